The molecule has 0 aliphatic heterocycles. The second-order valence-electron chi connectivity index (χ2n) is 3.49. The number of hydrogen-bond acceptors (Lipinski definition) is 4. The standard InChI is InChI=1S/C12H9BrF3NO3/c1-2-19-11(18)8-4-3-7(5-13)9(6-17)10(8)20-12(14,15)16/h3-4H,2,5H2,1H3. The van der Waals surface area contributed by atoms with Crippen molar-refractivity contribution in [2.24, 2.45) is 0 Å². The number of rotatable bonds is 4. The fourth-order valence-corrected chi connectivity index (χ4v) is 1.92. The van der Waals surface area contributed by atoms with Gasteiger partial charge in [0.15, 0.2) is 5.75 Å². The quantitative estimate of drug-likeness (QED) is 0.615. The van der Waals surface area contributed by atoms with E-state index in [0.717, 1.165) is 6.07 Å². The van der Waals surface area contributed by atoms with Crippen LogP contribution in [0.3, 0.4) is 0 Å². The van der Waals surface area contributed by atoms with Crippen LogP contribution in [0.15, 0.2) is 12.1 Å². The molecule has 0 bridgehead atoms. The number of nitriles is 1. The number of carbonyl (C=O) groups is 1. The van der Waals surface area contributed by atoms with Crippen molar-refractivity contribution in [1.82, 2.24) is 0 Å². The maximum Gasteiger partial charge on any atom is 0.573 e. The van der Waals surface area contributed by atoms with Crippen molar-refractivity contribution in [3.63, 3.8) is 0 Å². The Labute approximate surface area is 121 Å². The highest BCUT2D eigenvalue weighted by Crippen LogP contribution is 2.33. The third-order valence-electron chi connectivity index (χ3n) is 2.21. The Hall–Kier alpha value is -1.75. The molecule has 108 valence electrons. The Morgan fingerprint density at radius 2 is 2.10 bits per heavy atom. The number of alkyl halides is 4. The maximum atomic E-state index is 12.4. The van der Waals surface area contributed by atoms with Gasteiger partial charge < -0.3 is 9.47 Å². The topological polar surface area (TPSA) is 59.3 Å². The summed E-state index contributed by atoms with van der Waals surface area (Å²) in [6, 6.07) is 4.11. The number of benzene rings is 1. The first-order chi connectivity index (χ1) is 9.34. The molecule has 0 saturated carbocycles. The van der Waals surface area contributed by atoms with Gasteiger partial charge in [0.1, 0.15) is 11.6 Å². The molecule has 0 saturated heterocycles. The van der Waals surface area contributed by atoms with Crippen molar-refractivity contribution in [3.05, 3.63) is 28.8 Å². The van der Waals surface area contributed by atoms with Gasteiger partial charge in [-0.15, -0.1) is 13.2 Å². The van der Waals surface area contributed by atoms with Crippen LogP contribution < -0.4 is 4.74 Å². The van der Waals surface area contributed by atoms with Gasteiger partial charge in [0, 0.05) is 5.33 Å². The van der Waals surface area contributed by atoms with E-state index in [1.165, 1.54) is 13.0 Å². The third-order valence-corrected chi connectivity index (χ3v) is 2.82. The first-order valence-corrected chi connectivity index (χ1v) is 6.51. The second kappa shape index (κ2) is 6.61. The summed E-state index contributed by atoms with van der Waals surface area (Å²) in [7, 11) is 0. The summed E-state index contributed by atoms with van der Waals surface area (Å²) in [5.41, 5.74) is -0.519. The normalized spacial score (nSPS) is 10.8. The van der Waals surface area contributed by atoms with Crippen molar-refractivity contribution in [1.29, 1.82) is 5.26 Å². The number of ether oxygens (including phenoxy) is 2. The molecule has 0 aliphatic carbocycles. The SMILES string of the molecule is CCOC(=O)c1ccc(CBr)c(C#N)c1OC(F)(F)F. The molecule has 8 heteroatoms. The van der Waals surface area contributed by atoms with Gasteiger partial charge in [0.2, 0.25) is 0 Å². The molecule has 0 unspecified atom stereocenters. The molecule has 0 radical (unpaired) electrons. The molecular weight excluding hydrogens is 343 g/mol. The highest BCUT2D eigenvalue weighted by atomic mass is 79.9. The number of halogens is 4. The molecule has 0 N–H and O–H groups in total. The van der Waals surface area contributed by atoms with Gasteiger partial charge >= 0.3 is 12.3 Å². The smallest absolute Gasteiger partial charge is 0.462 e. The van der Waals surface area contributed by atoms with Gasteiger partial charge in [-0.25, -0.2) is 4.79 Å². The van der Waals surface area contributed by atoms with Crippen molar-refractivity contribution in [2.45, 2.75) is 18.6 Å². The van der Waals surface area contributed by atoms with Crippen molar-refractivity contribution < 1.29 is 27.4 Å². The van der Waals surface area contributed by atoms with Crippen LogP contribution in [0, 0.1) is 11.3 Å². The average Bonchev–Trinajstić information content (AvgIpc) is 2.36. The Balaban J connectivity index is 3.45. The fraction of sp³-hybridized carbons (Fsp3) is 0.333. The molecule has 0 aromatic heterocycles. The van der Waals surface area contributed by atoms with E-state index >= 15 is 0 Å². The van der Waals surface area contributed by atoms with Crippen LogP contribution in [0.5, 0.6) is 5.75 Å². The summed E-state index contributed by atoms with van der Waals surface area (Å²) in [4.78, 5) is 11.6. The fourth-order valence-electron chi connectivity index (χ4n) is 1.45. The van der Waals surface area contributed by atoms with Gasteiger partial charge in [0.25, 0.3) is 0 Å². The number of nitrogens with zero attached hydrogens (tertiary/aromatic N) is 1. The Bertz CT molecular complexity index is 552. The van der Waals surface area contributed by atoms with E-state index in [0.29, 0.717) is 0 Å². The zero-order valence-corrected chi connectivity index (χ0v) is 11.8. The molecule has 0 aliphatic rings. The van der Waals surface area contributed by atoms with Crippen molar-refractivity contribution in [2.75, 3.05) is 6.61 Å². The van der Waals surface area contributed by atoms with Crippen LogP contribution in [-0.4, -0.2) is 18.9 Å². The van der Waals surface area contributed by atoms with Gasteiger partial charge in [-0.1, -0.05) is 22.0 Å². The van der Waals surface area contributed by atoms with Crippen LogP contribution in [-0.2, 0) is 10.1 Å². The van der Waals surface area contributed by atoms with E-state index in [4.69, 9.17) is 5.26 Å². The highest BCUT2D eigenvalue weighted by Gasteiger charge is 2.35. The molecule has 4 nitrogen and oxygen atoms in total. The van der Waals surface area contributed by atoms with Crippen LogP contribution in [0.2, 0.25) is 0 Å². The summed E-state index contributed by atoms with van der Waals surface area (Å²) in [6.45, 7) is 1.51. The lowest BCUT2D eigenvalue weighted by Crippen LogP contribution is -2.21. The van der Waals surface area contributed by atoms with Gasteiger partial charge in [-0.3, -0.25) is 0 Å². The molecule has 0 fully saturated rings. The first kappa shape index (κ1) is 16.3. The lowest BCUT2D eigenvalue weighted by atomic mass is 10.0. The second-order valence-corrected chi connectivity index (χ2v) is 4.05. The predicted octanol–water partition coefficient (Wildman–Crippen LogP) is 3.53. The summed E-state index contributed by atoms with van der Waals surface area (Å²) < 4.78 is 45.8. The molecule has 0 atom stereocenters. The number of hydrogen-bond donors (Lipinski definition) is 0. The molecule has 1 aromatic rings. The van der Waals surface area contributed by atoms with E-state index in [-0.39, 0.29) is 23.1 Å². The maximum absolute atomic E-state index is 12.4. The summed E-state index contributed by atoms with van der Waals surface area (Å²) in [5.74, 6) is -1.82. The molecule has 20 heavy (non-hydrogen) atoms. The zero-order valence-electron chi connectivity index (χ0n) is 10.3. The average molecular weight is 352 g/mol. The Morgan fingerprint density at radius 1 is 1.45 bits per heavy atom. The van der Waals surface area contributed by atoms with Gasteiger partial charge in [-0.05, 0) is 18.6 Å². The van der Waals surface area contributed by atoms with Crippen molar-refractivity contribution in [3.8, 4) is 11.8 Å². The van der Waals surface area contributed by atoms with Crippen molar-refractivity contribution >= 4 is 21.9 Å². The molecule has 0 spiro atoms. The minimum atomic E-state index is -5.02. The van der Waals surface area contributed by atoms with Gasteiger partial charge in [-0.2, -0.15) is 5.26 Å². The lowest BCUT2D eigenvalue weighted by molar-refractivity contribution is -0.274. The van der Waals surface area contributed by atoms with Gasteiger partial charge in [0.05, 0.1) is 12.2 Å². The van der Waals surface area contributed by atoms with Crippen LogP contribution in [0.1, 0.15) is 28.4 Å². The first-order valence-electron chi connectivity index (χ1n) is 5.38. The van der Waals surface area contributed by atoms with E-state index in [1.54, 1.807) is 6.07 Å². The number of esters is 1. The molecule has 1 rings (SSSR count). The largest absolute Gasteiger partial charge is 0.573 e. The monoisotopic (exact) mass is 351 g/mol. The Morgan fingerprint density at radius 3 is 2.55 bits per heavy atom. The van der Waals surface area contributed by atoms with E-state index < -0.39 is 23.6 Å². The lowest BCUT2D eigenvalue weighted by Gasteiger charge is -2.15. The third kappa shape index (κ3) is 3.87. The van der Waals surface area contributed by atoms with Crippen LogP contribution >= 0.6 is 15.9 Å². The molecule has 0 heterocycles. The summed E-state index contributed by atoms with van der Waals surface area (Å²) in [5, 5.41) is 9.14. The molecule has 1 aromatic carbocycles. The molecular formula is C12H9BrF3NO3. The van der Waals surface area contributed by atoms with Crippen LogP contribution in [0.25, 0.3) is 0 Å². The number of carbonyl (C=O) groups excluding carboxylic acids is 1. The van der Waals surface area contributed by atoms with E-state index in [2.05, 4.69) is 25.4 Å². The van der Waals surface area contributed by atoms with E-state index in [1.807, 2.05) is 0 Å². The molecule has 0 amide bonds. The zero-order chi connectivity index (χ0) is 15.3. The van der Waals surface area contributed by atoms with Crippen LogP contribution in [0.4, 0.5) is 13.2 Å². The van der Waals surface area contributed by atoms with E-state index in [9.17, 15) is 18.0 Å². The minimum Gasteiger partial charge on any atom is -0.462 e. The highest BCUT2D eigenvalue weighted by molar-refractivity contribution is 9.08. The summed E-state index contributed by atoms with van der Waals surface area (Å²) in [6.07, 6.45) is -5.02. The predicted molar refractivity (Wildman–Crippen MR) is 66.4 cm³/mol. The Kier molecular flexibility index (Phi) is 5.39. The summed E-state index contributed by atoms with van der Waals surface area (Å²) >= 11 is 3.05. The minimum absolute atomic E-state index is 0.00757.